The summed E-state index contributed by atoms with van der Waals surface area (Å²) in [4.78, 5) is 28.7. The third-order valence-electron chi connectivity index (χ3n) is 5.15. The molecule has 3 rings (SSSR count). The fourth-order valence-corrected chi connectivity index (χ4v) is 3.67. The summed E-state index contributed by atoms with van der Waals surface area (Å²) in [5.41, 5.74) is 2.44. The zero-order valence-corrected chi connectivity index (χ0v) is 16.1. The van der Waals surface area contributed by atoms with Crippen molar-refractivity contribution in [3.05, 3.63) is 71.3 Å². The lowest BCUT2D eigenvalue weighted by atomic mass is 10.0. The largest absolute Gasteiger partial charge is 0.465 e. The molecule has 1 aliphatic rings. The van der Waals surface area contributed by atoms with Gasteiger partial charge in [-0.25, -0.2) is 4.79 Å². The molecule has 5 nitrogen and oxygen atoms in total. The number of ether oxygens (including phenoxy) is 1. The van der Waals surface area contributed by atoms with Crippen molar-refractivity contribution < 1.29 is 14.3 Å². The summed E-state index contributed by atoms with van der Waals surface area (Å²) in [6, 6.07) is 17.5. The highest BCUT2D eigenvalue weighted by atomic mass is 16.5. The fourth-order valence-electron chi connectivity index (χ4n) is 3.67. The lowest BCUT2D eigenvalue weighted by molar-refractivity contribution is 0.0269. The summed E-state index contributed by atoms with van der Waals surface area (Å²) < 4.78 is 4.74. The van der Waals surface area contributed by atoms with Crippen molar-refractivity contribution in [1.29, 1.82) is 0 Å². The molecule has 0 bridgehead atoms. The molecule has 2 aromatic carbocycles. The van der Waals surface area contributed by atoms with E-state index >= 15 is 0 Å². The number of methoxy groups -OCH3 is 1. The third-order valence-corrected chi connectivity index (χ3v) is 5.15. The summed E-state index contributed by atoms with van der Waals surface area (Å²) in [6.07, 6.45) is 0. The second-order valence-electron chi connectivity index (χ2n) is 7.14. The van der Waals surface area contributed by atoms with E-state index in [0.717, 1.165) is 17.7 Å². The molecule has 0 unspecified atom stereocenters. The predicted molar refractivity (Wildman–Crippen MR) is 105 cm³/mol. The Morgan fingerprint density at radius 3 is 2.07 bits per heavy atom. The first kappa shape index (κ1) is 19.1. The minimum atomic E-state index is -0.323. The molecule has 2 atom stereocenters. The number of rotatable bonds is 4. The Kier molecular flexibility index (Phi) is 5.91. The van der Waals surface area contributed by atoms with Crippen molar-refractivity contribution in [2.24, 2.45) is 0 Å². The van der Waals surface area contributed by atoms with E-state index < -0.39 is 0 Å². The van der Waals surface area contributed by atoms with Gasteiger partial charge >= 0.3 is 5.97 Å². The van der Waals surface area contributed by atoms with Crippen LogP contribution >= 0.6 is 0 Å². The van der Waals surface area contributed by atoms with E-state index in [0.29, 0.717) is 18.7 Å². The van der Waals surface area contributed by atoms with Gasteiger partial charge < -0.3 is 9.64 Å². The smallest absolute Gasteiger partial charge is 0.337 e. The highest BCUT2D eigenvalue weighted by Crippen LogP contribution is 2.21. The molecule has 0 saturated carbocycles. The molecule has 1 amide bonds. The maximum absolute atomic E-state index is 12.7. The summed E-state index contributed by atoms with van der Waals surface area (Å²) in [7, 11) is 1.38. The van der Waals surface area contributed by atoms with Crippen LogP contribution < -0.4 is 0 Å². The van der Waals surface area contributed by atoms with Crippen LogP contribution in [0.1, 0.15) is 40.1 Å². The molecule has 142 valence electrons. The van der Waals surface area contributed by atoms with Crippen molar-refractivity contribution in [1.82, 2.24) is 9.80 Å². The molecule has 5 heteroatoms. The summed E-state index contributed by atoms with van der Waals surface area (Å²) in [6.45, 7) is 6.52. The van der Waals surface area contributed by atoms with Crippen LogP contribution in [0.3, 0.4) is 0 Å². The van der Waals surface area contributed by atoms with E-state index in [4.69, 9.17) is 4.74 Å². The first-order chi connectivity index (χ1) is 13.0. The molecular formula is C22H26N2O3. The van der Waals surface area contributed by atoms with Gasteiger partial charge in [0.2, 0.25) is 0 Å². The number of hydrogen-bond donors (Lipinski definition) is 0. The average molecular weight is 366 g/mol. The van der Waals surface area contributed by atoms with Gasteiger partial charge in [0.15, 0.2) is 0 Å². The van der Waals surface area contributed by atoms with Gasteiger partial charge in [0.25, 0.3) is 5.91 Å². The quantitative estimate of drug-likeness (QED) is 0.780. The molecule has 1 aliphatic heterocycles. The van der Waals surface area contributed by atoms with Crippen LogP contribution in [0.2, 0.25) is 0 Å². The van der Waals surface area contributed by atoms with Crippen molar-refractivity contribution in [2.75, 3.05) is 20.2 Å². The maximum atomic E-state index is 12.7. The van der Waals surface area contributed by atoms with Crippen LogP contribution in [0, 0.1) is 0 Å². The number of esters is 1. The fraction of sp³-hybridized carbons (Fsp3) is 0.364. The molecule has 2 aromatic rings. The Balaban J connectivity index is 1.65. The Hall–Kier alpha value is -2.66. The van der Waals surface area contributed by atoms with Crippen molar-refractivity contribution in [3.8, 4) is 0 Å². The number of benzene rings is 2. The van der Waals surface area contributed by atoms with Crippen LogP contribution in [0.4, 0.5) is 0 Å². The third kappa shape index (κ3) is 4.37. The monoisotopic (exact) mass is 366 g/mol. The SMILES string of the molecule is COC(=O)c1ccc(CN2[C@H](C)CN(C(=O)c3ccccc3)C[C@@H]2C)cc1. The summed E-state index contributed by atoms with van der Waals surface area (Å²) in [5, 5.41) is 0. The van der Waals surface area contributed by atoms with Crippen LogP contribution in [-0.4, -0.2) is 54.0 Å². The predicted octanol–water partition coefficient (Wildman–Crippen LogP) is 3.21. The van der Waals surface area contributed by atoms with Crippen molar-refractivity contribution in [3.63, 3.8) is 0 Å². The van der Waals surface area contributed by atoms with Gasteiger partial charge in [0.05, 0.1) is 12.7 Å². The number of hydrogen-bond acceptors (Lipinski definition) is 4. The van der Waals surface area contributed by atoms with Crippen LogP contribution in [0.5, 0.6) is 0 Å². The van der Waals surface area contributed by atoms with Crippen molar-refractivity contribution in [2.45, 2.75) is 32.5 Å². The topological polar surface area (TPSA) is 49.9 Å². The number of piperazine rings is 1. The average Bonchev–Trinajstić information content (AvgIpc) is 2.70. The Labute approximate surface area is 160 Å². The van der Waals surface area contributed by atoms with Crippen LogP contribution in [0.25, 0.3) is 0 Å². The summed E-state index contributed by atoms with van der Waals surface area (Å²) in [5.74, 6) is -0.229. The van der Waals surface area contributed by atoms with E-state index in [1.54, 1.807) is 12.1 Å². The Morgan fingerprint density at radius 2 is 1.52 bits per heavy atom. The molecule has 27 heavy (non-hydrogen) atoms. The molecule has 0 spiro atoms. The minimum Gasteiger partial charge on any atom is -0.465 e. The van der Waals surface area contributed by atoms with Crippen LogP contribution in [-0.2, 0) is 11.3 Å². The van der Waals surface area contributed by atoms with Gasteiger partial charge in [-0.3, -0.25) is 9.69 Å². The minimum absolute atomic E-state index is 0.0939. The Morgan fingerprint density at radius 1 is 0.926 bits per heavy atom. The molecular weight excluding hydrogens is 340 g/mol. The number of amides is 1. The molecule has 1 saturated heterocycles. The van der Waals surface area contributed by atoms with Gasteiger partial charge in [-0.1, -0.05) is 30.3 Å². The molecule has 0 aliphatic carbocycles. The standard InChI is InChI=1S/C22H26N2O3/c1-16-13-23(21(25)19-7-5-4-6-8-19)14-17(2)24(16)15-18-9-11-20(12-10-18)22(26)27-3/h4-12,16-17H,13-15H2,1-3H3/t16-,17+. The van der Waals surface area contributed by atoms with Gasteiger partial charge in [0, 0.05) is 37.3 Å². The van der Waals surface area contributed by atoms with Crippen molar-refractivity contribution >= 4 is 11.9 Å². The van der Waals surface area contributed by atoms with Gasteiger partial charge in [0.1, 0.15) is 0 Å². The number of carbonyl (C=O) groups excluding carboxylic acids is 2. The second-order valence-corrected chi connectivity index (χ2v) is 7.14. The van der Waals surface area contributed by atoms with E-state index in [-0.39, 0.29) is 24.0 Å². The van der Waals surface area contributed by atoms with E-state index in [1.165, 1.54) is 7.11 Å². The van der Waals surface area contributed by atoms with E-state index in [1.807, 2.05) is 47.4 Å². The molecule has 0 N–H and O–H groups in total. The first-order valence-corrected chi connectivity index (χ1v) is 9.27. The van der Waals surface area contributed by atoms with Gasteiger partial charge in [-0.2, -0.15) is 0 Å². The highest BCUT2D eigenvalue weighted by Gasteiger charge is 2.32. The normalized spacial score (nSPS) is 20.3. The van der Waals surface area contributed by atoms with E-state index in [2.05, 4.69) is 18.7 Å². The lowest BCUT2D eigenvalue weighted by Gasteiger charge is -2.44. The zero-order valence-electron chi connectivity index (χ0n) is 16.1. The van der Waals surface area contributed by atoms with Gasteiger partial charge in [-0.05, 0) is 43.7 Å². The zero-order chi connectivity index (χ0) is 19.4. The molecule has 0 radical (unpaired) electrons. The van der Waals surface area contributed by atoms with Crippen LogP contribution in [0.15, 0.2) is 54.6 Å². The lowest BCUT2D eigenvalue weighted by Crippen LogP contribution is -2.57. The molecule has 1 heterocycles. The maximum Gasteiger partial charge on any atom is 0.337 e. The molecule has 1 fully saturated rings. The Bertz CT molecular complexity index is 777. The van der Waals surface area contributed by atoms with E-state index in [9.17, 15) is 9.59 Å². The van der Waals surface area contributed by atoms with Gasteiger partial charge in [-0.15, -0.1) is 0 Å². The first-order valence-electron chi connectivity index (χ1n) is 9.27. The second kappa shape index (κ2) is 8.35. The summed E-state index contributed by atoms with van der Waals surface area (Å²) >= 11 is 0. The number of nitrogens with zero attached hydrogens (tertiary/aromatic N) is 2. The molecule has 0 aromatic heterocycles. The highest BCUT2D eigenvalue weighted by molar-refractivity contribution is 5.94. The number of carbonyl (C=O) groups is 2.